The lowest BCUT2D eigenvalue weighted by Crippen LogP contribution is -2.25. The molecule has 0 heterocycles. The van der Waals surface area contributed by atoms with Crippen LogP contribution in [0.3, 0.4) is 0 Å². The molecule has 0 aliphatic rings. The number of amides is 1. The van der Waals surface area contributed by atoms with E-state index in [2.05, 4.69) is 19.2 Å². The number of unbranched alkanes of at least 4 members (excludes halogenated alkanes) is 17. The summed E-state index contributed by atoms with van der Waals surface area (Å²) in [6, 6.07) is 0. The van der Waals surface area contributed by atoms with Gasteiger partial charge in [0.05, 0.1) is 6.61 Å². The largest absolute Gasteiger partial charge is 0.450 e. The Morgan fingerprint density at radius 2 is 0.926 bits per heavy atom. The summed E-state index contributed by atoms with van der Waals surface area (Å²) in [5.41, 5.74) is 0. The molecule has 0 fully saturated rings. The fourth-order valence-electron chi connectivity index (χ4n) is 3.43. The average Bonchev–Trinajstić information content (AvgIpc) is 2.67. The van der Waals surface area contributed by atoms with Crippen molar-refractivity contribution in [3.05, 3.63) is 0 Å². The molecular formula is C24H49NO2. The third-order valence-electron chi connectivity index (χ3n) is 5.28. The van der Waals surface area contributed by atoms with Gasteiger partial charge in [0.2, 0.25) is 0 Å². The molecule has 0 bridgehead atoms. The van der Waals surface area contributed by atoms with Gasteiger partial charge in [-0.25, -0.2) is 4.79 Å². The van der Waals surface area contributed by atoms with Gasteiger partial charge in [0.15, 0.2) is 0 Å². The summed E-state index contributed by atoms with van der Waals surface area (Å²) in [6.07, 6.45) is 24.6. The number of hydrogen-bond acceptors (Lipinski definition) is 2. The van der Waals surface area contributed by atoms with Crippen LogP contribution in [0.15, 0.2) is 0 Å². The van der Waals surface area contributed by atoms with Crippen LogP contribution in [0.25, 0.3) is 0 Å². The first-order chi connectivity index (χ1) is 13.3. The third kappa shape index (κ3) is 23.2. The van der Waals surface area contributed by atoms with Gasteiger partial charge in [0.25, 0.3) is 0 Å². The maximum Gasteiger partial charge on any atom is 0.407 e. The monoisotopic (exact) mass is 383 g/mol. The van der Waals surface area contributed by atoms with Crippen molar-refractivity contribution >= 4 is 6.09 Å². The Balaban J connectivity index is 3.13. The maximum absolute atomic E-state index is 11.6. The van der Waals surface area contributed by atoms with Crippen LogP contribution in [-0.2, 0) is 4.74 Å². The second-order valence-corrected chi connectivity index (χ2v) is 8.07. The highest BCUT2D eigenvalue weighted by Gasteiger charge is 2.01. The van der Waals surface area contributed by atoms with Crippen LogP contribution in [0.2, 0.25) is 0 Å². The standard InChI is InChI=1S/C24H49NO2/c1-3-5-7-9-11-13-15-17-19-21-23-27-24(26)25-22-20-18-16-14-12-10-8-6-4-2/h3-23H2,1-2H3,(H,25,26). The Morgan fingerprint density at radius 3 is 1.37 bits per heavy atom. The molecule has 1 N–H and O–H groups in total. The lowest BCUT2D eigenvalue weighted by Gasteiger charge is -2.07. The predicted molar refractivity (Wildman–Crippen MR) is 118 cm³/mol. The molecule has 0 spiro atoms. The summed E-state index contributed by atoms with van der Waals surface area (Å²) in [5, 5.41) is 2.88. The van der Waals surface area contributed by atoms with E-state index in [1.54, 1.807) is 0 Å². The van der Waals surface area contributed by atoms with Crippen molar-refractivity contribution in [2.45, 2.75) is 136 Å². The molecule has 1 amide bonds. The van der Waals surface area contributed by atoms with Crippen LogP contribution in [0.1, 0.15) is 136 Å². The first kappa shape index (κ1) is 26.3. The van der Waals surface area contributed by atoms with Crippen molar-refractivity contribution in [3.8, 4) is 0 Å². The second-order valence-electron chi connectivity index (χ2n) is 8.07. The van der Waals surface area contributed by atoms with E-state index < -0.39 is 0 Å². The molecule has 0 saturated carbocycles. The van der Waals surface area contributed by atoms with Gasteiger partial charge in [-0.3, -0.25) is 0 Å². The van der Waals surface area contributed by atoms with Gasteiger partial charge in [-0.15, -0.1) is 0 Å². The summed E-state index contributed by atoms with van der Waals surface area (Å²) in [6.45, 7) is 5.85. The topological polar surface area (TPSA) is 38.3 Å². The molecule has 3 nitrogen and oxygen atoms in total. The normalized spacial score (nSPS) is 10.9. The first-order valence-electron chi connectivity index (χ1n) is 12.2. The molecule has 0 aromatic heterocycles. The molecule has 0 aromatic carbocycles. The summed E-state index contributed by atoms with van der Waals surface area (Å²) in [7, 11) is 0. The number of nitrogens with one attached hydrogen (secondary N) is 1. The van der Waals surface area contributed by atoms with Gasteiger partial charge in [0.1, 0.15) is 0 Å². The highest BCUT2D eigenvalue weighted by Crippen LogP contribution is 2.11. The van der Waals surface area contributed by atoms with E-state index in [1.165, 1.54) is 109 Å². The van der Waals surface area contributed by atoms with E-state index >= 15 is 0 Å². The molecule has 3 heteroatoms. The van der Waals surface area contributed by atoms with E-state index in [4.69, 9.17) is 4.74 Å². The smallest absolute Gasteiger partial charge is 0.407 e. The molecule has 0 radical (unpaired) electrons. The van der Waals surface area contributed by atoms with Gasteiger partial charge in [-0.1, -0.05) is 123 Å². The number of hydrogen-bond donors (Lipinski definition) is 1. The van der Waals surface area contributed by atoms with Gasteiger partial charge >= 0.3 is 6.09 Å². The predicted octanol–water partition coefficient (Wildman–Crippen LogP) is 8.16. The molecule has 0 aliphatic carbocycles. The van der Waals surface area contributed by atoms with Crippen LogP contribution in [0.4, 0.5) is 4.79 Å². The van der Waals surface area contributed by atoms with Crippen LogP contribution in [0.5, 0.6) is 0 Å². The van der Waals surface area contributed by atoms with Crippen LogP contribution in [-0.4, -0.2) is 19.2 Å². The fraction of sp³-hybridized carbons (Fsp3) is 0.958. The zero-order valence-electron chi connectivity index (χ0n) is 18.7. The zero-order chi connectivity index (χ0) is 19.8. The molecule has 0 rings (SSSR count). The van der Waals surface area contributed by atoms with Crippen molar-refractivity contribution in [2.24, 2.45) is 0 Å². The Labute approximate surface area is 170 Å². The Kier molecular flexibility index (Phi) is 22.7. The molecule has 0 aliphatic heterocycles. The van der Waals surface area contributed by atoms with Crippen molar-refractivity contribution in [3.63, 3.8) is 0 Å². The summed E-state index contributed by atoms with van der Waals surface area (Å²) in [5.74, 6) is 0. The highest BCUT2D eigenvalue weighted by molar-refractivity contribution is 5.66. The quantitative estimate of drug-likeness (QED) is 0.203. The number of carbonyl (C=O) groups is 1. The Morgan fingerprint density at radius 1 is 0.556 bits per heavy atom. The molecule has 0 unspecified atom stereocenters. The average molecular weight is 384 g/mol. The number of carbonyl (C=O) groups excluding carboxylic acids is 1. The number of ether oxygens (including phenoxy) is 1. The SMILES string of the molecule is CCCCCCCCCCCCOC(=O)NCCCCCCCCCCC. The molecule has 27 heavy (non-hydrogen) atoms. The molecule has 0 saturated heterocycles. The lowest BCUT2D eigenvalue weighted by molar-refractivity contribution is 0.143. The van der Waals surface area contributed by atoms with Crippen molar-refractivity contribution in [1.29, 1.82) is 0 Å². The maximum atomic E-state index is 11.6. The van der Waals surface area contributed by atoms with E-state index in [9.17, 15) is 4.79 Å². The van der Waals surface area contributed by atoms with E-state index in [0.717, 1.165) is 19.4 Å². The van der Waals surface area contributed by atoms with E-state index in [0.29, 0.717) is 6.61 Å². The molecule has 0 aromatic rings. The highest BCUT2D eigenvalue weighted by atomic mass is 16.5. The summed E-state index contributed by atoms with van der Waals surface area (Å²) < 4.78 is 5.25. The second kappa shape index (κ2) is 23.3. The minimum atomic E-state index is -0.231. The van der Waals surface area contributed by atoms with Gasteiger partial charge in [-0.05, 0) is 12.8 Å². The first-order valence-corrected chi connectivity index (χ1v) is 12.2. The van der Waals surface area contributed by atoms with Gasteiger partial charge < -0.3 is 10.1 Å². The van der Waals surface area contributed by atoms with Crippen molar-refractivity contribution < 1.29 is 9.53 Å². The molecule has 162 valence electrons. The van der Waals surface area contributed by atoms with Crippen LogP contribution < -0.4 is 5.32 Å². The minimum Gasteiger partial charge on any atom is -0.450 e. The number of rotatable bonds is 21. The fourth-order valence-corrected chi connectivity index (χ4v) is 3.43. The van der Waals surface area contributed by atoms with E-state index in [-0.39, 0.29) is 6.09 Å². The lowest BCUT2D eigenvalue weighted by atomic mass is 10.1. The third-order valence-corrected chi connectivity index (χ3v) is 5.28. The Bertz CT molecular complexity index is 294. The van der Waals surface area contributed by atoms with Gasteiger partial charge in [-0.2, -0.15) is 0 Å². The molecule has 0 atom stereocenters. The zero-order valence-corrected chi connectivity index (χ0v) is 18.7. The molecular weight excluding hydrogens is 334 g/mol. The van der Waals surface area contributed by atoms with E-state index in [1.807, 2.05) is 0 Å². The van der Waals surface area contributed by atoms with Crippen LogP contribution in [0, 0.1) is 0 Å². The van der Waals surface area contributed by atoms with Gasteiger partial charge in [0, 0.05) is 6.54 Å². The Hall–Kier alpha value is -0.730. The summed E-state index contributed by atoms with van der Waals surface area (Å²) >= 11 is 0. The van der Waals surface area contributed by atoms with Crippen LogP contribution >= 0.6 is 0 Å². The minimum absolute atomic E-state index is 0.231. The van der Waals surface area contributed by atoms with Crippen molar-refractivity contribution in [1.82, 2.24) is 5.32 Å². The summed E-state index contributed by atoms with van der Waals surface area (Å²) in [4.78, 5) is 11.6. The van der Waals surface area contributed by atoms with Crippen molar-refractivity contribution in [2.75, 3.05) is 13.2 Å². The number of alkyl carbamates (subject to hydrolysis) is 1.